The number of rotatable bonds is 6. The predicted octanol–water partition coefficient (Wildman–Crippen LogP) is 3.85. The van der Waals surface area contributed by atoms with Gasteiger partial charge < -0.3 is 19.5 Å². The standard InChI is InChI=1S/C24H25NO5/c1-15-20(23(26)28-3)22(21(16(2)25-15)24(27)29-4)18-10-12-19(13-11-18)30-14-17-8-6-5-7-9-17/h5-13,22,25H,14H2,1-4H3. The number of hydrogen-bond acceptors (Lipinski definition) is 6. The van der Waals surface area contributed by atoms with Crippen LogP contribution in [0, 0.1) is 0 Å². The zero-order valence-corrected chi connectivity index (χ0v) is 17.5. The molecule has 1 heterocycles. The van der Waals surface area contributed by atoms with Crippen molar-refractivity contribution < 1.29 is 23.8 Å². The van der Waals surface area contributed by atoms with Crippen molar-refractivity contribution in [1.82, 2.24) is 5.32 Å². The second-order valence-corrected chi connectivity index (χ2v) is 6.96. The first-order valence-electron chi connectivity index (χ1n) is 9.58. The van der Waals surface area contributed by atoms with Gasteiger partial charge in [-0.2, -0.15) is 0 Å². The molecule has 2 aromatic carbocycles. The lowest BCUT2D eigenvalue weighted by molar-refractivity contribution is -0.137. The quantitative estimate of drug-likeness (QED) is 0.734. The summed E-state index contributed by atoms with van der Waals surface area (Å²) in [5.41, 5.74) is 3.87. The number of carbonyl (C=O) groups is 2. The maximum atomic E-state index is 12.5. The highest BCUT2D eigenvalue weighted by atomic mass is 16.5. The highest BCUT2D eigenvalue weighted by Gasteiger charge is 2.37. The summed E-state index contributed by atoms with van der Waals surface area (Å²) in [5, 5.41) is 3.09. The smallest absolute Gasteiger partial charge is 0.336 e. The zero-order valence-electron chi connectivity index (χ0n) is 17.5. The maximum absolute atomic E-state index is 12.5. The second-order valence-electron chi connectivity index (χ2n) is 6.96. The molecule has 156 valence electrons. The highest BCUT2D eigenvalue weighted by molar-refractivity contribution is 5.99. The Morgan fingerprint density at radius 1 is 0.833 bits per heavy atom. The molecule has 0 saturated heterocycles. The Morgan fingerprint density at radius 3 is 1.87 bits per heavy atom. The van der Waals surface area contributed by atoms with Gasteiger partial charge in [-0.1, -0.05) is 42.5 Å². The van der Waals surface area contributed by atoms with Crippen LogP contribution in [-0.4, -0.2) is 26.2 Å². The third kappa shape index (κ3) is 4.38. The first-order valence-corrected chi connectivity index (χ1v) is 9.58. The number of nitrogens with one attached hydrogen (secondary N) is 1. The molecule has 1 aliphatic rings. The number of methoxy groups -OCH3 is 2. The van der Waals surface area contributed by atoms with Crippen molar-refractivity contribution in [3.05, 3.63) is 88.3 Å². The van der Waals surface area contributed by atoms with E-state index in [0.29, 0.717) is 34.9 Å². The van der Waals surface area contributed by atoms with Gasteiger partial charge in [-0.3, -0.25) is 0 Å². The number of allylic oxidation sites excluding steroid dienone is 2. The van der Waals surface area contributed by atoms with E-state index in [-0.39, 0.29) is 0 Å². The monoisotopic (exact) mass is 407 g/mol. The van der Waals surface area contributed by atoms with E-state index in [4.69, 9.17) is 14.2 Å². The number of hydrogen-bond donors (Lipinski definition) is 1. The van der Waals surface area contributed by atoms with Crippen LogP contribution in [-0.2, 0) is 25.7 Å². The van der Waals surface area contributed by atoms with E-state index in [0.717, 1.165) is 11.1 Å². The molecule has 2 aromatic rings. The average Bonchev–Trinajstić information content (AvgIpc) is 2.77. The number of esters is 2. The van der Waals surface area contributed by atoms with Crippen molar-refractivity contribution in [2.75, 3.05) is 14.2 Å². The summed E-state index contributed by atoms with van der Waals surface area (Å²) in [6.07, 6.45) is 0. The van der Waals surface area contributed by atoms with Crippen molar-refractivity contribution >= 4 is 11.9 Å². The Balaban J connectivity index is 1.93. The molecular formula is C24H25NO5. The molecule has 0 radical (unpaired) electrons. The molecule has 0 bridgehead atoms. The molecule has 0 saturated carbocycles. The Bertz CT molecular complexity index is 952. The summed E-state index contributed by atoms with van der Waals surface area (Å²) in [5.74, 6) is -0.905. The minimum atomic E-state index is -0.602. The van der Waals surface area contributed by atoms with Gasteiger partial charge >= 0.3 is 11.9 Å². The van der Waals surface area contributed by atoms with Crippen molar-refractivity contribution in [3.63, 3.8) is 0 Å². The fraction of sp³-hybridized carbons (Fsp3) is 0.250. The lowest BCUT2D eigenvalue weighted by atomic mass is 9.80. The third-order valence-electron chi connectivity index (χ3n) is 5.03. The molecule has 0 aliphatic carbocycles. The van der Waals surface area contributed by atoms with Crippen LogP contribution in [0.3, 0.4) is 0 Å². The minimum Gasteiger partial charge on any atom is -0.489 e. The van der Waals surface area contributed by atoms with E-state index >= 15 is 0 Å². The van der Waals surface area contributed by atoms with Crippen LogP contribution in [0.5, 0.6) is 5.75 Å². The number of ether oxygens (including phenoxy) is 3. The molecule has 1 aliphatic heterocycles. The Morgan fingerprint density at radius 2 is 1.37 bits per heavy atom. The van der Waals surface area contributed by atoms with Gasteiger partial charge in [-0.25, -0.2) is 9.59 Å². The number of dihydropyridines is 1. The number of carbonyl (C=O) groups excluding carboxylic acids is 2. The molecule has 0 aromatic heterocycles. The maximum Gasteiger partial charge on any atom is 0.336 e. The minimum absolute atomic E-state index is 0.376. The SMILES string of the molecule is COC(=O)C1=C(C)NC(C)=C(C(=O)OC)C1c1ccc(OCc2ccccc2)cc1. The van der Waals surface area contributed by atoms with Gasteiger partial charge in [0.2, 0.25) is 0 Å². The van der Waals surface area contributed by atoms with E-state index in [9.17, 15) is 9.59 Å². The Labute approximate surface area is 176 Å². The molecule has 0 unspecified atom stereocenters. The molecule has 6 heteroatoms. The van der Waals surface area contributed by atoms with Gasteiger partial charge in [-0.15, -0.1) is 0 Å². The molecule has 30 heavy (non-hydrogen) atoms. The third-order valence-corrected chi connectivity index (χ3v) is 5.03. The van der Waals surface area contributed by atoms with Crippen molar-refractivity contribution in [3.8, 4) is 5.75 Å². The van der Waals surface area contributed by atoms with Crippen LogP contribution in [0.15, 0.2) is 77.1 Å². The molecule has 6 nitrogen and oxygen atoms in total. The van der Waals surface area contributed by atoms with E-state index in [1.165, 1.54) is 14.2 Å². The van der Waals surface area contributed by atoms with Crippen molar-refractivity contribution in [2.45, 2.75) is 26.4 Å². The predicted molar refractivity (Wildman–Crippen MR) is 113 cm³/mol. The first kappa shape index (κ1) is 21.2. The Hall–Kier alpha value is -3.54. The van der Waals surface area contributed by atoms with Gasteiger partial charge in [-0.05, 0) is 37.1 Å². The number of benzene rings is 2. The molecule has 0 spiro atoms. The van der Waals surface area contributed by atoms with Gasteiger partial charge in [0.25, 0.3) is 0 Å². The average molecular weight is 407 g/mol. The van der Waals surface area contributed by atoms with E-state index in [1.807, 2.05) is 54.6 Å². The lowest BCUT2D eigenvalue weighted by Gasteiger charge is -2.30. The van der Waals surface area contributed by atoms with Gasteiger partial charge in [0.05, 0.1) is 31.3 Å². The van der Waals surface area contributed by atoms with E-state index in [2.05, 4.69) is 5.32 Å². The second kappa shape index (κ2) is 9.31. The molecule has 3 rings (SSSR count). The van der Waals surface area contributed by atoms with Crippen LogP contribution in [0.4, 0.5) is 0 Å². The lowest BCUT2D eigenvalue weighted by Crippen LogP contribution is -2.32. The van der Waals surface area contributed by atoms with Crippen LogP contribution < -0.4 is 10.1 Å². The molecule has 0 fully saturated rings. The molecule has 1 N–H and O–H groups in total. The zero-order chi connectivity index (χ0) is 21.7. The van der Waals surface area contributed by atoms with Gasteiger partial charge in [0.15, 0.2) is 0 Å². The molecular weight excluding hydrogens is 382 g/mol. The van der Waals surface area contributed by atoms with Crippen LogP contribution in [0.1, 0.15) is 30.9 Å². The molecule has 0 atom stereocenters. The van der Waals surface area contributed by atoms with E-state index < -0.39 is 17.9 Å². The Kier molecular flexibility index (Phi) is 6.57. The van der Waals surface area contributed by atoms with Gasteiger partial charge in [0, 0.05) is 11.4 Å². The fourth-order valence-corrected chi connectivity index (χ4v) is 3.59. The summed E-state index contributed by atoms with van der Waals surface area (Å²) in [7, 11) is 2.65. The van der Waals surface area contributed by atoms with Crippen LogP contribution in [0.25, 0.3) is 0 Å². The summed E-state index contributed by atoms with van der Waals surface area (Å²) >= 11 is 0. The summed E-state index contributed by atoms with van der Waals surface area (Å²) in [6, 6.07) is 17.2. The van der Waals surface area contributed by atoms with Crippen LogP contribution in [0.2, 0.25) is 0 Å². The fourth-order valence-electron chi connectivity index (χ4n) is 3.59. The topological polar surface area (TPSA) is 73.9 Å². The van der Waals surface area contributed by atoms with E-state index in [1.54, 1.807) is 13.8 Å². The van der Waals surface area contributed by atoms with Crippen LogP contribution >= 0.6 is 0 Å². The molecule has 0 amide bonds. The summed E-state index contributed by atoms with van der Waals surface area (Å²) in [4.78, 5) is 25.1. The largest absolute Gasteiger partial charge is 0.489 e. The van der Waals surface area contributed by atoms with Crippen molar-refractivity contribution in [2.24, 2.45) is 0 Å². The van der Waals surface area contributed by atoms with Crippen molar-refractivity contribution in [1.29, 1.82) is 0 Å². The highest BCUT2D eigenvalue weighted by Crippen LogP contribution is 2.39. The normalized spacial score (nSPS) is 14.3. The summed E-state index contributed by atoms with van der Waals surface area (Å²) in [6.45, 7) is 4.02. The van der Waals surface area contributed by atoms with Gasteiger partial charge in [0.1, 0.15) is 12.4 Å². The summed E-state index contributed by atoms with van der Waals surface area (Å²) < 4.78 is 15.8. The first-order chi connectivity index (χ1) is 14.5.